The fourth-order valence-electron chi connectivity index (χ4n) is 1.46. The number of carbonyl (C=O) groups excluding carboxylic acids is 1. The molecule has 0 radical (unpaired) electrons. The first-order valence-corrected chi connectivity index (χ1v) is 5.74. The highest BCUT2D eigenvalue weighted by atomic mass is 32.1. The Kier molecular flexibility index (Phi) is 2.97. The van der Waals surface area contributed by atoms with Crippen LogP contribution in [0.1, 0.15) is 22.5 Å². The molecule has 2 aromatic heterocycles. The molecule has 0 amide bonds. The number of rotatable bonds is 4. The topological polar surface area (TPSA) is 34.9 Å². The second kappa shape index (κ2) is 4.40. The van der Waals surface area contributed by atoms with E-state index in [9.17, 15) is 4.79 Å². The average molecular weight is 220 g/mol. The molecule has 0 saturated heterocycles. The normalized spacial score (nSPS) is 10.5. The van der Waals surface area contributed by atoms with Crippen molar-refractivity contribution < 1.29 is 4.79 Å². The van der Waals surface area contributed by atoms with Gasteiger partial charge in [-0.05, 0) is 23.9 Å². The van der Waals surface area contributed by atoms with Gasteiger partial charge in [0.15, 0.2) is 5.78 Å². The first-order valence-electron chi connectivity index (χ1n) is 4.79. The number of hydrogen-bond donors (Lipinski definition) is 0. The first kappa shape index (κ1) is 10.1. The van der Waals surface area contributed by atoms with E-state index in [0.29, 0.717) is 6.42 Å². The maximum atomic E-state index is 11.7. The van der Waals surface area contributed by atoms with E-state index in [0.717, 1.165) is 17.7 Å². The van der Waals surface area contributed by atoms with E-state index >= 15 is 0 Å². The number of nitrogens with zero attached hydrogens (tertiary/aromatic N) is 2. The molecular formula is C11H12N2OS. The van der Waals surface area contributed by atoms with Crippen molar-refractivity contribution in [3.8, 4) is 0 Å². The van der Waals surface area contributed by atoms with Gasteiger partial charge in [-0.2, -0.15) is 16.4 Å². The fourth-order valence-corrected chi connectivity index (χ4v) is 2.12. The fraction of sp³-hybridized carbons (Fsp3) is 0.273. The van der Waals surface area contributed by atoms with Crippen LogP contribution in [0.15, 0.2) is 29.1 Å². The second-order valence-electron chi connectivity index (χ2n) is 3.38. The summed E-state index contributed by atoms with van der Waals surface area (Å²) in [6.07, 6.45) is 3.06. The number of thiophene rings is 1. The number of Topliss-reactive ketones (excluding diaryl/α,β-unsaturated/α-hetero) is 1. The van der Waals surface area contributed by atoms with E-state index < -0.39 is 0 Å². The Morgan fingerprint density at radius 1 is 1.53 bits per heavy atom. The van der Waals surface area contributed by atoms with Gasteiger partial charge in [0.25, 0.3) is 0 Å². The maximum Gasteiger partial charge on any atom is 0.164 e. The summed E-state index contributed by atoms with van der Waals surface area (Å²) >= 11 is 1.56. The van der Waals surface area contributed by atoms with Crippen molar-refractivity contribution >= 4 is 17.1 Å². The van der Waals surface area contributed by atoms with Gasteiger partial charge in [-0.3, -0.25) is 9.48 Å². The summed E-state index contributed by atoms with van der Waals surface area (Å²) in [7, 11) is 1.89. The molecule has 2 rings (SSSR count). The van der Waals surface area contributed by atoms with Gasteiger partial charge in [-0.15, -0.1) is 0 Å². The highest BCUT2D eigenvalue weighted by molar-refractivity contribution is 7.08. The van der Waals surface area contributed by atoms with Crippen molar-refractivity contribution in [2.75, 3.05) is 0 Å². The van der Waals surface area contributed by atoms with Gasteiger partial charge < -0.3 is 0 Å². The van der Waals surface area contributed by atoms with Gasteiger partial charge in [-0.1, -0.05) is 0 Å². The molecule has 2 heterocycles. The molecule has 0 aliphatic heterocycles. The average Bonchev–Trinajstić information content (AvgIpc) is 2.85. The minimum absolute atomic E-state index is 0.206. The van der Waals surface area contributed by atoms with Crippen LogP contribution in [-0.4, -0.2) is 15.6 Å². The summed E-state index contributed by atoms with van der Waals surface area (Å²) in [5, 5.41) is 7.89. The van der Waals surface area contributed by atoms with Crippen LogP contribution in [-0.2, 0) is 13.5 Å². The van der Waals surface area contributed by atoms with E-state index in [2.05, 4.69) is 5.10 Å². The lowest BCUT2D eigenvalue weighted by Gasteiger charge is -2.00. The molecule has 0 unspecified atom stereocenters. The van der Waals surface area contributed by atoms with Crippen LogP contribution >= 0.6 is 11.3 Å². The van der Waals surface area contributed by atoms with E-state index in [4.69, 9.17) is 0 Å². The van der Waals surface area contributed by atoms with Crippen LogP contribution in [0.2, 0.25) is 0 Å². The summed E-state index contributed by atoms with van der Waals surface area (Å²) in [5.74, 6) is 0.206. The predicted octanol–water partition coefficient (Wildman–Crippen LogP) is 2.30. The molecule has 4 heteroatoms. The third kappa shape index (κ3) is 2.33. The van der Waals surface area contributed by atoms with Crippen molar-refractivity contribution in [1.82, 2.24) is 9.78 Å². The van der Waals surface area contributed by atoms with Crippen molar-refractivity contribution in [2.24, 2.45) is 7.05 Å². The third-order valence-electron chi connectivity index (χ3n) is 2.37. The summed E-state index contributed by atoms with van der Waals surface area (Å²) in [5.41, 5.74) is 1.92. The second-order valence-corrected chi connectivity index (χ2v) is 4.16. The zero-order chi connectivity index (χ0) is 10.7. The van der Waals surface area contributed by atoms with Gasteiger partial charge in [0.1, 0.15) is 0 Å². The van der Waals surface area contributed by atoms with Crippen LogP contribution in [0, 0.1) is 0 Å². The molecule has 0 aliphatic rings. The molecule has 0 aromatic carbocycles. The molecule has 2 aromatic rings. The van der Waals surface area contributed by atoms with Crippen molar-refractivity contribution in [1.29, 1.82) is 0 Å². The van der Waals surface area contributed by atoms with Gasteiger partial charge in [0.2, 0.25) is 0 Å². The SMILES string of the molecule is Cn1nccc1CCC(=O)c1ccsc1. The molecule has 0 bridgehead atoms. The summed E-state index contributed by atoms with van der Waals surface area (Å²) in [4.78, 5) is 11.7. The Morgan fingerprint density at radius 2 is 2.40 bits per heavy atom. The van der Waals surface area contributed by atoms with Gasteiger partial charge in [0, 0.05) is 36.3 Å². The van der Waals surface area contributed by atoms with Crippen LogP contribution in [0.25, 0.3) is 0 Å². The third-order valence-corrected chi connectivity index (χ3v) is 3.06. The van der Waals surface area contributed by atoms with E-state index in [-0.39, 0.29) is 5.78 Å². The van der Waals surface area contributed by atoms with Crippen LogP contribution in [0.5, 0.6) is 0 Å². The van der Waals surface area contributed by atoms with E-state index in [1.807, 2.05) is 29.9 Å². The zero-order valence-corrected chi connectivity index (χ0v) is 9.33. The lowest BCUT2D eigenvalue weighted by Crippen LogP contribution is -2.03. The largest absolute Gasteiger partial charge is 0.294 e. The summed E-state index contributed by atoms with van der Waals surface area (Å²) in [6.45, 7) is 0. The summed E-state index contributed by atoms with van der Waals surface area (Å²) in [6, 6.07) is 3.82. The maximum absolute atomic E-state index is 11.7. The van der Waals surface area contributed by atoms with Crippen LogP contribution in [0.4, 0.5) is 0 Å². The van der Waals surface area contributed by atoms with Crippen molar-refractivity contribution in [3.05, 3.63) is 40.3 Å². The first-order chi connectivity index (χ1) is 7.27. The lowest BCUT2D eigenvalue weighted by atomic mass is 10.1. The lowest BCUT2D eigenvalue weighted by molar-refractivity contribution is 0.0982. The Balaban J connectivity index is 1.95. The zero-order valence-electron chi connectivity index (χ0n) is 8.51. The Hall–Kier alpha value is -1.42. The standard InChI is InChI=1S/C11H12N2OS/c1-13-10(4-6-12-13)2-3-11(14)9-5-7-15-8-9/h4-8H,2-3H2,1H3. The van der Waals surface area contributed by atoms with E-state index in [1.165, 1.54) is 0 Å². The van der Waals surface area contributed by atoms with Crippen molar-refractivity contribution in [3.63, 3.8) is 0 Å². The Morgan fingerprint density at radius 3 is 3.00 bits per heavy atom. The molecule has 0 fully saturated rings. The molecule has 3 nitrogen and oxygen atoms in total. The number of aryl methyl sites for hydroxylation is 2. The van der Waals surface area contributed by atoms with Crippen molar-refractivity contribution in [2.45, 2.75) is 12.8 Å². The molecule has 0 aliphatic carbocycles. The number of ketones is 1. The van der Waals surface area contributed by atoms with Crippen LogP contribution in [0.3, 0.4) is 0 Å². The molecular weight excluding hydrogens is 208 g/mol. The Bertz CT molecular complexity index is 445. The smallest absolute Gasteiger partial charge is 0.164 e. The number of aromatic nitrogens is 2. The highest BCUT2D eigenvalue weighted by Crippen LogP contribution is 2.11. The molecule has 78 valence electrons. The number of hydrogen-bond acceptors (Lipinski definition) is 3. The Labute approximate surface area is 92.4 Å². The van der Waals surface area contributed by atoms with Crippen LogP contribution < -0.4 is 0 Å². The van der Waals surface area contributed by atoms with Gasteiger partial charge >= 0.3 is 0 Å². The summed E-state index contributed by atoms with van der Waals surface area (Å²) < 4.78 is 1.81. The minimum atomic E-state index is 0.206. The molecule has 0 saturated carbocycles. The molecule has 0 N–H and O–H groups in total. The highest BCUT2D eigenvalue weighted by Gasteiger charge is 2.07. The monoisotopic (exact) mass is 220 g/mol. The minimum Gasteiger partial charge on any atom is -0.294 e. The quantitative estimate of drug-likeness (QED) is 0.741. The molecule has 0 spiro atoms. The molecule has 15 heavy (non-hydrogen) atoms. The van der Waals surface area contributed by atoms with E-state index in [1.54, 1.807) is 22.2 Å². The molecule has 0 atom stereocenters. The predicted molar refractivity (Wildman–Crippen MR) is 60.2 cm³/mol. The number of carbonyl (C=O) groups is 1. The van der Waals surface area contributed by atoms with Gasteiger partial charge in [-0.25, -0.2) is 0 Å². The van der Waals surface area contributed by atoms with Gasteiger partial charge in [0.05, 0.1) is 0 Å².